The van der Waals surface area contributed by atoms with Crippen LogP contribution in [-0.2, 0) is 14.3 Å². The fraction of sp³-hybridized carbons (Fsp3) is 0.263. The Bertz CT molecular complexity index is 816. The average molecular weight is 354 g/mol. The topological polar surface area (TPSA) is 96.7 Å². The molecule has 0 radical (unpaired) electrons. The third-order valence-electron chi connectivity index (χ3n) is 4.17. The van der Waals surface area contributed by atoms with Crippen LogP contribution in [0.3, 0.4) is 0 Å². The van der Waals surface area contributed by atoms with Crippen molar-refractivity contribution in [2.24, 2.45) is 0 Å². The maximum Gasteiger partial charge on any atom is 0.314 e. The molecule has 136 valence electrons. The summed E-state index contributed by atoms with van der Waals surface area (Å²) in [6.45, 7) is 4.62. The Kier molecular flexibility index (Phi) is 5.38. The Balaban J connectivity index is 1.71. The van der Waals surface area contributed by atoms with E-state index in [0.29, 0.717) is 30.3 Å². The standard InChI is InChI=1S/C19H22N4O3/c1-13-6-7-14(20)16(12-13)22-19(25)18(24)21-15-4-2-3-5-17(15)23-8-10-26-11-9-23/h2-7,12H,8-11,20H2,1H3,(H,21,24)(H,22,25). The lowest BCUT2D eigenvalue weighted by atomic mass is 10.2. The molecule has 2 aromatic rings. The molecule has 7 heteroatoms. The zero-order valence-corrected chi connectivity index (χ0v) is 14.6. The largest absolute Gasteiger partial charge is 0.397 e. The average Bonchev–Trinajstić information content (AvgIpc) is 2.66. The first-order valence-electron chi connectivity index (χ1n) is 8.45. The number of morpholine rings is 1. The van der Waals surface area contributed by atoms with E-state index in [1.165, 1.54) is 0 Å². The summed E-state index contributed by atoms with van der Waals surface area (Å²) in [4.78, 5) is 26.7. The predicted molar refractivity (Wildman–Crippen MR) is 102 cm³/mol. The van der Waals surface area contributed by atoms with E-state index in [1.54, 1.807) is 18.2 Å². The van der Waals surface area contributed by atoms with Gasteiger partial charge in [0.1, 0.15) is 0 Å². The summed E-state index contributed by atoms with van der Waals surface area (Å²) in [6, 6.07) is 12.7. The highest BCUT2D eigenvalue weighted by atomic mass is 16.5. The Hall–Kier alpha value is -3.06. The van der Waals surface area contributed by atoms with Gasteiger partial charge in [-0.15, -0.1) is 0 Å². The van der Waals surface area contributed by atoms with E-state index in [4.69, 9.17) is 10.5 Å². The molecule has 1 saturated heterocycles. The van der Waals surface area contributed by atoms with Crippen molar-refractivity contribution in [3.63, 3.8) is 0 Å². The maximum absolute atomic E-state index is 12.3. The smallest absolute Gasteiger partial charge is 0.314 e. The van der Waals surface area contributed by atoms with Gasteiger partial charge in [0.2, 0.25) is 0 Å². The molecule has 0 aromatic heterocycles. The highest BCUT2D eigenvalue weighted by Gasteiger charge is 2.19. The molecule has 1 fully saturated rings. The van der Waals surface area contributed by atoms with E-state index in [0.717, 1.165) is 24.3 Å². The first kappa shape index (κ1) is 17.8. The second kappa shape index (κ2) is 7.88. The van der Waals surface area contributed by atoms with Gasteiger partial charge in [0.05, 0.1) is 36.0 Å². The summed E-state index contributed by atoms with van der Waals surface area (Å²) in [5.41, 5.74) is 9.07. The first-order chi connectivity index (χ1) is 12.5. The molecule has 0 saturated carbocycles. The van der Waals surface area contributed by atoms with Crippen LogP contribution in [0.25, 0.3) is 0 Å². The van der Waals surface area contributed by atoms with Gasteiger partial charge in [-0.2, -0.15) is 0 Å². The molecular formula is C19H22N4O3. The summed E-state index contributed by atoms with van der Waals surface area (Å²) in [7, 11) is 0. The monoisotopic (exact) mass is 354 g/mol. The second-order valence-electron chi connectivity index (χ2n) is 6.12. The molecule has 0 bridgehead atoms. The van der Waals surface area contributed by atoms with Crippen LogP contribution in [0, 0.1) is 6.92 Å². The number of aryl methyl sites for hydroxylation is 1. The van der Waals surface area contributed by atoms with Crippen molar-refractivity contribution in [2.75, 3.05) is 47.6 Å². The van der Waals surface area contributed by atoms with E-state index in [1.807, 2.05) is 31.2 Å². The minimum absolute atomic E-state index is 0.408. The van der Waals surface area contributed by atoms with Gasteiger partial charge in [-0.05, 0) is 36.8 Å². The molecule has 26 heavy (non-hydrogen) atoms. The summed E-state index contributed by atoms with van der Waals surface area (Å²) >= 11 is 0. The molecule has 1 aliphatic heterocycles. The zero-order valence-electron chi connectivity index (χ0n) is 14.6. The fourth-order valence-corrected chi connectivity index (χ4v) is 2.80. The number of hydrogen-bond donors (Lipinski definition) is 3. The molecule has 1 aliphatic rings. The maximum atomic E-state index is 12.3. The van der Waals surface area contributed by atoms with Gasteiger partial charge in [-0.3, -0.25) is 9.59 Å². The normalized spacial score (nSPS) is 14.0. The number of ether oxygens (including phenoxy) is 1. The Morgan fingerprint density at radius 3 is 2.38 bits per heavy atom. The number of nitrogen functional groups attached to an aromatic ring is 1. The van der Waals surface area contributed by atoms with Gasteiger partial charge in [0, 0.05) is 13.1 Å². The number of nitrogens with zero attached hydrogens (tertiary/aromatic N) is 1. The number of rotatable bonds is 3. The third kappa shape index (κ3) is 4.12. The minimum atomic E-state index is -0.765. The molecule has 2 aromatic carbocycles. The number of nitrogens with two attached hydrogens (primary N) is 1. The zero-order chi connectivity index (χ0) is 18.5. The Labute approximate surface area is 152 Å². The van der Waals surface area contributed by atoms with Gasteiger partial charge in [0.15, 0.2) is 0 Å². The summed E-state index contributed by atoms with van der Waals surface area (Å²) in [5.74, 6) is -1.51. The number of amides is 2. The van der Waals surface area contributed by atoms with E-state index in [2.05, 4.69) is 15.5 Å². The van der Waals surface area contributed by atoms with Crippen molar-refractivity contribution in [1.29, 1.82) is 0 Å². The van der Waals surface area contributed by atoms with Gasteiger partial charge in [-0.1, -0.05) is 18.2 Å². The highest BCUT2D eigenvalue weighted by Crippen LogP contribution is 2.26. The van der Waals surface area contributed by atoms with Crippen molar-refractivity contribution in [1.82, 2.24) is 0 Å². The van der Waals surface area contributed by atoms with Crippen molar-refractivity contribution in [3.05, 3.63) is 48.0 Å². The fourth-order valence-electron chi connectivity index (χ4n) is 2.80. The molecule has 1 heterocycles. The van der Waals surface area contributed by atoms with Crippen molar-refractivity contribution in [2.45, 2.75) is 6.92 Å². The summed E-state index contributed by atoms with van der Waals surface area (Å²) in [6.07, 6.45) is 0. The number of carbonyl (C=O) groups is 2. The Morgan fingerprint density at radius 1 is 1.00 bits per heavy atom. The summed E-state index contributed by atoms with van der Waals surface area (Å²) in [5, 5.41) is 5.25. The lowest BCUT2D eigenvalue weighted by Gasteiger charge is -2.30. The number of benzene rings is 2. The second-order valence-corrected chi connectivity index (χ2v) is 6.12. The summed E-state index contributed by atoms with van der Waals surface area (Å²) < 4.78 is 5.36. The van der Waals surface area contributed by atoms with Gasteiger partial charge in [0.25, 0.3) is 0 Å². The van der Waals surface area contributed by atoms with E-state index < -0.39 is 11.8 Å². The van der Waals surface area contributed by atoms with Crippen LogP contribution < -0.4 is 21.3 Å². The quantitative estimate of drug-likeness (QED) is 0.579. The molecule has 0 unspecified atom stereocenters. The molecule has 3 rings (SSSR count). The van der Waals surface area contributed by atoms with E-state index in [9.17, 15) is 9.59 Å². The van der Waals surface area contributed by atoms with Crippen LogP contribution in [-0.4, -0.2) is 38.1 Å². The molecule has 4 N–H and O–H groups in total. The molecule has 0 aliphatic carbocycles. The van der Waals surface area contributed by atoms with Crippen LogP contribution in [0.2, 0.25) is 0 Å². The number of para-hydroxylation sites is 2. The van der Waals surface area contributed by atoms with Crippen molar-refractivity contribution >= 4 is 34.6 Å². The van der Waals surface area contributed by atoms with E-state index in [-0.39, 0.29) is 0 Å². The van der Waals surface area contributed by atoms with Crippen LogP contribution in [0.4, 0.5) is 22.7 Å². The molecule has 0 spiro atoms. The van der Waals surface area contributed by atoms with Gasteiger partial charge < -0.3 is 26.0 Å². The van der Waals surface area contributed by atoms with Crippen LogP contribution in [0.15, 0.2) is 42.5 Å². The van der Waals surface area contributed by atoms with Crippen LogP contribution in [0.1, 0.15) is 5.56 Å². The predicted octanol–water partition coefficient (Wildman–Crippen LogP) is 1.99. The first-order valence-corrected chi connectivity index (χ1v) is 8.45. The highest BCUT2D eigenvalue weighted by molar-refractivity contribution is 6.44. The number of anilines is 4. The Morgan fingerprint density at radius 2 is 1.65 bits per heavy atom. The van der Waals surface area contributed by atoms with Crippen molar-refractivity contribution < 1.29 is 14.3 Å². The minimum Gasteiger partial charge on any atom is -0.397 e. The molecular weight excluding hydrogens is 332 g/mol. The number of nitrogens with one attached hydrogen (secondary N) is 2. The lowest BCUT2D eigenvalue weighted by Crippen LogP contribution is -2.37. The molecule has 0 atom stereocenters. The third-order valence-corrected chi connectivity index (χ3v) is 4.17. The molecule has 2 amide bonds. The van der Waals surface area contributed by atoms with Crippen LogP contribution in [0.5, 0.6) is 0 Å². The number of hydrogen-bond acceptors (Lipinski definition) is 5. The van der Waals surface area contributed by atoms with Crippen LogP contribution >= 0.6 is 0 Å². The number of carbonyl (C=O) groups excluding carboxylic acids is 2. The van der Waals surface area contributed by atoms with Gasteiger partial charge in [-0.25, -0.2) is 0 Å². The molecule has 7 nitrogen and oxygen atoms in total. The van der Waals surface area contributed by atoms with Gasteiger partial charge >= 0.3 is 11.8 Å². The SMILES string of the molecule is Cc1ccc(N)c(NC(=O)C(=O)Nc2ccccc2N2CCOCC2)c1. The van der Waals surface area contributed by atoms with E-state index >= 15 is 0 Å². The van der Waals surface area contributed by atoms with Crippen molar-refractivity contribution in [3.8, 4) is 0 Å². The lowest BCUT2D eigenvalue weighted by molar-refractivity contribution is -0.132.